The first kappa shape index (κ1) is 17.0. The monoisotopic (exact) mass is 376 g/mol. The zero-order valence-electron chi connectivity index (χ0n) is 14.2. The Kier molecular flexibility index (Phi) is 3.99. The summed E-state index contributed by atoms with van der Waals surface area (Å²) < 4.78 is 14.5. The molecule has 1 aromatic heterocycles. The molecule has 1 N–H and O–H groups in total. The summed E-state index contributed by atoms with van der Waals surface area (Å²) in [6, 6.07) is 5.39. The molecule has 0 spiro atoms. The summed E-state index contributed by atoms with van der Waals surface area (Å²) in [7, 11) is 1.68. The van der Waals surface area contributed by atoms with Crippen molar-refractivity contribution in [3.63, 3.8) is 0 Å². The average Bonchev–Trinajstić information content (AvgIpc) is 3.24. The summed E-state index contributed by atoms with van der Waals surface area (Å²) in [5, 5.41) is 7.24. The first-order chi connectivity index (χ1) is 12.4. The second-order valence-electron chi connectivity index (χ2n) is 7.07. The molecule has 136 valence electrons. The Bertz CT molecular complexity index is 854. The Morgan fingerprint density at radius 2 is 2.04 bits per heavy atom. The van der Waals surface area contributed by atoms with Gasteiger partial charge < -0.3 is 10.2 Å². The number of hydrogen-bond donors (Lipinski definition) is 1. The van der Waals surface area contributed by atoms with Gasteiger partial charge in [-0.1, -0.05) is 11.6 Å². The van der Waals surface area contributed by atoms with E-state index in [0.717, 1.165) is 12.8 Å². The Morgan fingerprint density at radius 3 is 2.65 bits per heavy atom. The standard InChI is InChI=1S/C18H18ClFN4O2/c1-23-15(14(19)8-22-23)17(26)24-9-11-6-18(24,7-11)10-21-16(25)12-2-4-13(20)5-3-12/h2-5,8,11H,6-7,9-10H2,1H3,(H,21,25). The Hall–Kier alpha value is -2.41. The minimum absolute atomic E-state index is 0.161. The maximum Gasteiger partial charge on any atom is 0.274 e. The summed E-state index contributed by atoms with van der Waals surface area (Å²) in [4.78, 5) is 27.1. The number of aryl methyl sites for hydroxylation is 1. The molecule has 1 aliphatic carbocycles. The van der Waals surface area contributed by atoms with Crippen molar-refractivity contribution < 1.29 is 14.0 Å². The van der Waals surface area contributed by atoms with Crippen molar-refractivity contribution in [3.05, 3.63) is 52.6 Å². The summed E-state index contributed by atoms with van der Waals surface area (Å²) in [6.07, 6.45) is 3.17. The number of halogens is 2. The van der Waals surface area contributed by atoms with Crippen molar-refractivity contribution in [2.45, 2.75) is 18.4 Å². The Morgan fingerprint density at radius 1 is 1.35 bits per heavy atom. The molecular weight excluding hydrogens is 359 g/mol. The molecule has 2 amide bonds. The fourth-order valence-electron chi connectivity index (χ4n) is 4.08. The third-order valence-electron chi connectivity index (χ3n) is 5.38. The number of benzene rings is 1. The number of nitrogens with one attached hydrogen (secondary N) is 1. The highest BCUT2D eigenvalue weighted by molar-refractivity contribution is 6.33. The largest absolute Gasteiger partial charge is 0.350 e. The normalized spacial score (nSPS) is 23.7. The number of nitrogens with zero attached hydrogens (tertiary/aromatic N) is 3. The summed E-state index contributed by atoms with van der Waals surface area (Å²) in [5.41, 5.74) is 0.373. The molecule has 3 heterocycles. The van der Waals surface area contributed by atoms with Gasteiger partial charge in [0, 0.05) is 25.7 Å². The lowest BCUT2D eigenvalue weighted by atomic mass is 9.73. The fraction of sp³-hybridized carbons (Fsp3) is 0.389. The second kappa shape index (κ2) is 6.09. The van der Waals surface area contributed by atoms with Crippen LogP contribution in [0.1, 0.15) is 33.7 Å². The van der Waals surface area contributed by atoms with Gasteiger partial charge in [-0.05, 0) is 43.0 Å². The molecule has 3 fully saturated rings. The van der Waals surface area contributed by atoms with Gasteiger partial charge in [0.25, 0.3) is 11.8 Å². The molecule has 26 heavy (non-hydrogen) atoms. The van der Waals surface area contributed by atoms with E-state index in [1.807, 2.05) is 4.90 Å². The lowest BCUT2D eigenvalue weighted by Gasteiger charge is -2.42. The van der Waals surface area contributed by atoms with E-state index in [9.17, 15) is 14.0 Å². The van der Waals surface area contributed by atoms with Crippen LogP contribution in [0, 0.1) is 11.7 Å². The van der Waals surface area contributed by atoms with Crippen LogP contribution in [0.15, 0.2) is 30.5 Å². The molecule has 5 rings (SSSR count). The number of carbonyl (C=O) groups is 2. The van der Waals surface area contributed by atoms with Gasteiger partial charge in [-0.3, -0.25) is 14.3 Å². The minimum Gasteiger partial charge on any atom is -0.350 e. The Labute approximate surface area is 154 Å². The van der Waals surface area contributed by atoms with E-state index < -0.39 is 0 Å². The van der Waals surface area contributed by atoms with Gasteiger partial charge in [0.05, 0.1) is 16.8 Å². The van der Waals surface area contributed by atoms with E-state index in [1.165, 1.54) is 35.1 Å². The van der Waals surface area contributed by atoms with Gasteiger partial charge in [0.15, 0.2) is 0 Å². The topological polar surface area (TPSA) is 67.2 Å². The summed E-state index contributed by atoms with van der Waals surface area (Å²) >= 11 is 6.11. The highest BCUT2D eigenvalue weighted by atomic mass is 35.5. The Balaban J connectivity index is 1.48. The molecule has 8 heteroatoms. The number of hydrogen-bond acceptors (Lipinski definition) is 3. The molecule has 2 bridgehead atoms. The van der Waals surface area contributed by atoms with Crippen molar-refractivity contribution in [1.29, 1.82) is 0 Å². The van der Waals surface area contributed by atoms with Gasteiger partial charge in [-0.25, -0.2) is 4.39 Å². The molecule has 0 radical (unpaired) electrons. The molecule has 2 saturated heterocycles. The number of fused-ring (bicyclic) bond motifs is 1. The van der Waals surface area contributed by atoms with Crippen molar-refractivity contribution in [3.8, 4) is 0 Å². The van der Waals surface area contributed by atoms with Crippen molar-refractivity contribution >= 4 is 23.4 Å². The van der Waals surface area contributed by atoms with Crippen LogP contribution in [0.5, 0.6) is 0 Å². The molecule has 1 aromatic carbocycles. The second-order valence-corrected chi connectivity index (χ2v) is 7.48. The quantitative estimate of drug-likeness (QED) is 0.890. The first-order valence-corrected chi connectivity index (χ1v) is 8.81. The van der Waals surface area contributed by atoms with Crippen LogP contribution >= 0.6 is 11.6 Å². The van der Waals surface area contributed by atoms with Crippen molar-refractivity contribution in [2.24, 2.45) is 13.0 Å². The third-order valence-corrected chi connectivity index (χ3v) is 5.65. The van der Waals surface area contributed by atoms with Crippen LogP contribution in [-0.2, 0) is 7.05 Å². The molecule has 0 unspecified atom stereocenters. The van der Waals surface area contributed by atoms with Gasteiger partial charge >= 0.3 is 0 Å². The van der Waals surface area contributed by atoms with Crippen LogP contribution in [0.4, 0.5) is 4.39 Å². The van der Waals surface area contributed by atoms with E-state index in [4.69, 9.17) is 11.6 Å². The highest BCUT2D eigenvalue weighted by Crippen LogP contribution is 2.50. The van der Waals surface area contributed by atoms with E-state index in [-0.39, 0.29) is 23.2 Å². The van der Waals surface area contributed by atoms with Crippen LogP contribution in [-0.4, -0.2) is 45.1 Å². The predicted octanol–water partition coefficient (Wildman–Crippen LogP) is 2.25. The SMILES string of the molecule is Cn1ncc(Cl)c1C(=O)N1CC2CC1(CNC(=O)c1ccc(F)cc1)C2. The van der Waals surface area contributed by atoms with Gasteiger partial charge in [0.1, 0.15) is 11.5 Å². The zero-order chi connectivity index (χ0) is 18.5. The molecule has 0 atom stereocenters. The average molecular weight is 377 g/mol. The van der Waals surface area contributed by atoms with Crippen LogP contribution in [0.3, 0.4) is 0 Å². The van der Waals surface area contributed by atoms with Crippen molar-refractivity contribution in [1.82, 2.24) is 20.0 Å². The predicted molar refractivity (Wildman–Crippen MR) is 93.4 cm³/mol. The molecule has 2 aliphatic heterocycles. The smallest absolute Gasteiger partial charge is 0.274 e. The number of aromatic nitrogens is 2. The van der Waals surface area contributed by atoms with E-state index in [1.54, 1.807) is 7.05 Å². The highest BCUT2D eigenvalue weighted by Gasteiger charge is 2.58. The number of amides is 2. The minimum atomic E-state index is -0.386. The fourth-order valence-corrected chi connectivity index (χ4v) is 4.33. The van der Waals surface area contributed by atoms with Crippen LogP contribution < -0.4 is 5.32 Å². The maximum absolute atomic E-state index is 13.0. The molecule has 2 aromatic rings. The third kappa shape index (κ3) is 2.67. The van der Waals surface area contributed by atoms with Gasteiger partial charge in [0.2, 0.25) is 0 Å². The maximum atomic E-state index is 13.0. The number of carbonyl (C=O) groups excluding carboxylic acids is 2. The van der Waals surface area contributed by atoms with E-state index >= 15 is 0 Å². The van der Waals surface area contributed by atoms with Gasteiger partial charge in [-0.2, -0.15) is 5.10 Å². The molecule has 1 saturated carbocycles. The molecule has 3 aliphatic rings. The molecular formula is C18H18ClFN4O2. The summed E-state index contributed by atoms with van der Waals surface area (Å²) in [5.74, 6) is -0.372. The molecule has 6 nitrogen and oxygen atoms in total. The van der Waals surface area contributed by atoms with Crippen LogP contribution in [0.2, 0.25) is 5.02 Å². The summed E-state index contributed by atoms with van der Waals surface area (Å²) in [6.45, 7) is 1.02. The van der Waals surface area contributed by atoms with Crippen molar-refractivity contribution in [2.75, 3.05) is 13.1 Å². The lowest BCUT2D eigenvalue weighted by molar-refractivity contribution is 0.0535. The van der Waals surface area contributed by atoms with Gasteiger partial charge in [-0.15, -0.1) is 0 Å². The van der Waals surface area contributed by atoms with E-state index in [0.29, 0.717) is 35.3 Å². The zero-order valence-corrected chi connectivity index (χ0v) is 15.0. The lowest BCUT2D eigenvalue weighted by Crippen LogP contribution is -2.56. The van der Waals surface area contributed by atoms with Crippen LogP contribution in [0.25, 0.3) is 0 Å². The first-order valence-electron chi connectivity index (χ1n) is 8.43. The van der Waals surface area contributed by atoms with E-state index in [2.05, 4.69) is 10.4 Å². The number of rotatable bonds is 4.